The summed E-state index contributed by atoms with van der Waals surface area (Å²) in [5.41, 5.74) is 0.279. The Labute approximate surface area is 116 Å². The van der Waals surface area contributed by atoms with Gasteiger partial charge in [-0.15, -0.1) is 0 Å². The van der Waals surface area contributed by atoms with Gasteiger partial charge in [-0.3, -0.25) is 0 Å². The van der Waals surface area contributed by atoms with Crippen molar-refractivity contribution < 1.29 is 0 Å². The molecule has 0 bridgehead atoms. The first-order chi connectivity index (χ1) is 9.21. The highest BCUT2D eigenvalue weighted by atomic mass is 15.1. The van der Waals surface area contributed by atoms with Crippen LogP contribution in [-0.4, -0.2) is 22.1 Å². The van der Waals surface area contributed by atoms with Crippen LogP contribution < -0.4 is 10.6 Å². The van der Waals surface area contributed by atoms with Gasteiger partial charge in [0.1, 0.15) is 17.5 Å². The van der Waals surface area contributed by atoms with Crippen molar-refractivity contribution in [2.75, 3.05) is 17.2 Å². The highest BCUT2D eigenvalue weighted by molar-refractivity contribution is 5.49. The normalized spacial score (nSPS) is 16.8. The Balaban J connectivity index is 2.17. The molecule has 4 nitrogen and oxygen atoms in total. The van der Waals surface area contributed by atoms with Crippen LogP contribution in [0.15, 0.2) is 6.07 Å². The van der Waals surface area contributed by atoms with Crippen LogP contribution in [0.4, 0.5) is 11.6 Å². The molecule has 1 aliphatic rings. The Bertz CT molecular complexity index is 383. The molecule has 2 N–H and O–H groups in total. The monoisotopic (exact) mass is 262 g/mol. The third kappa shape index (κ3) is 3.37. The van der Waals surface area contributed by atoms with Gasteiger partial charge in [-0.1, -0.05) is 13.8 Å². The maximum Gasteiger partial charge on any atom is 0.133 e. The van der Waals surface area contributed by atoms with Crippen molar-refractivity contribution in [3.63, 3.8) is 0 Å². The van der Waals surface area contributed by atoms with Gasteiger partial charge in [0.25, 0.3) is 0 Å². The van der Waals surface area contributed by atoms with E-state index in [-0.39, 0.29) is 5.54 Å². The molecular weight excluding hydrogens is 236 g/mol. The molecule has 0 unspecified atom stereocenters. The summed E-state index contributed by atoms with van der Waals surface area (Å²) in [4.78, 5) is 9.21. The van der Waals surface area contributed by atoms with Crippen molar-refractivity contribution in [1.29, 1.82) is 0 Å². The smallest absolute Gasteiger partial charge is 0.133 e. The highest BCUT2D eigenvalue weighted by Crippen LogP contribution is 2.37. The molecule has 0 saturated heterocycles. The van der Waals surface area contributed by atoms with E-state index in [0.717, 1.165) is 43.3 Å². The van der Waals surface area contributed by atoms with Gasteiger partial charge in [-0.2, -0.15) is 0 Å². The van der Waals surface area contributed by atoms with Crippen LogP contribution in [-0.2, 0) is 6.42 Å². The van der Waals surface area contributed by atoms with Crippen LogP contribution in [0, 0.1) is 0 Å². The van der Waals surface area contributed by atoms with Crippen molar-refractivity contribution >= 4 is 11.6 Å². The molecule has 4 heteroatoms. The number of anilines is 2. The SMILES string of the molecule is CCCc1nc(NCC)cc(NC2(CC)CCC2)n1. The van der Waals surface area contributed by atoms with E-state index in [0.29, 0.717) is 0 Å². The number of aromatic nitrogens is 2. The summed E-state index contributed by atoms with van der Waals surface area (Å²) in [6.07, 6.45) is 7.02. The molecule has 1 fully saturated rings. The third-order valence-electron chi connectivity index (χ3n) is 3.98. The van der Waals surface area contributed by atoms with Gasteiger partial charge in [-0.05, 0) is 39.0 Å². The molecule has 0 amide bonds. The lowest BCUT2D eigenvalue weighted by molar-refractivity contribution is 0.268. The summed E-state index contributed by atoms with van der Waals surface area (Å²) < 4.78 is 0. The molecule has 0 aromatic carbocycles. The van der Waals surface area contributed by atoms with E-state index < -0.39 is 0 Å². The van der Waals surface area contributed by atoms with Crippen LogP contribution in [0.5, 0.6) is 0 Å². The summed E-state index contributed by atoms with van der Waals surface area (Å²) in [7, 11) is 0. The van der Waals surface area contributed by atoms with Gasteiger partial charge >= 0.3 is 0 Å². The fourth-order valence-electron chi connectivity index (χ4n) is 2.61. The molecule has 1 aromatic rings. The minimum atomic E-state index is 0.279. The van der Waals surface area contributed by atoms with E-state index in [2.05, 4.69) is 41.4 Å². The fraction of sp³-hybridized carbons (Fsp3) is 0.733. The highest BCUT2D eigenvalue weighted by Gasteiger charge is 2.35. The summed E-state index contributed by atoms with van der Waals surface area (Å²) in [5.74, 6) is 2.86. The second kappa shape index (κ2) is 6.22. The molecular formula is C15H26N4. The maximum absolute atomic E-state index is 4.66. The third-order valence-corrected chi connectivity index (χ3v) is 3.98. The molecule has 1 aliphatic carbocycles. The summed E-state index contributed by atoms with van der Waals surface area (Å²) in [6.45, 7) is 7.40. The van der Waals surface area contributed by atoms with Gasteiger partial charge in [0, 0.05) is 24.6 Å². The van der Waals surface area contributed by atoms with Crippen LogP contribution in [0.1, 0.15) is 58.7 Å². The lowest BCUT2D eigenvalue weighted by Gasteiger charge is -2.42. The largest absolute Gasteiger partial charge is 0.370 e. The zero-order valence-electron chi connectivity index (χ0n) is 12.4. The first kappa shape index (κ1) is 14.1. The van der Waals surface area contributed by atoms with E-state index >= 15 is 0 Å². The van der Waals surface area contributed by atoms with Crippen molar-refractivity contribution in [2.45, 2.75) is 64.8 Å². The van der Waals surface area contributed by atoms with Gasteiger partial charge in [-0.25, -0.2) is 9.97 Å². The molecule has 19 heavy (non-hydrogen) atoms. The first-order valence-corrected chi connectivity index (χ1v) is 7.61. The molecule has 0 spiro atoms. The molecule has 2 rings (SSSR count). The van der Waals surface area contributed by atoms with Gasteiger partial charge in [0.2, 0.25) is 0 Å². The summed E-state index contributed by atoms with van der Waals surface area (Å²) in [6, 6.07) is 2.04. The average molecular weight is 262 g/mol. The summed E-state index contributed by atoms with van der Waals surface area (Å²) >= 11 is 0. The number of hydrogen-bond acceptors (Lipinski definition) is 4. The van der Waals surface area contributed by atoms with Crippen LogP contribution in [0.2, 0.25) is 0 Å². The predicted molar refractivity (Wildman–Crippen MR) is 80.7 cm³/mol. The van der Waals surface area contributed by atoms with Gasteiger partial charge in [0.15, 0.2) is 0 Å². The minimum absolute atomic E-state index is 0.279. The predicted octanol–water partition coefficient (Wildman–Crippen LogP) is 3.61. The second-order valence-electron chi connectivity index (χ2n) is 5.45. The molecule has 0 atom stereocenters. The first-order valence-electron chi connectivity index (χ1n) is 7.61. The van der Waals surface area contributed by atoms with Gasteiger partial charge < -0.3 is 10.6 Å². The number of hydrogen-bond donors (Lipinski definition) is 2. The zero-order chi connectivity index (χ0) is 13.7. The zero-order valence-corrected chi connectivity index (χ0v) is 12.4. The van der Waals surface area contributed by atoms with Crippen LogP contribution in [0.25, 0.3) is 0 Å². The Kier molecular flexibility index (Phi) is 4.61. The van der Waals surface area contributed by atoms with E-state index in [4.69, 9.17) is 0 Å². The van der Waals surface area contributed by atoms with Crippen molar-refractivity contribution in [2.24, 2.45) is 0 Å². The van der Waals surface area contributed by atoms with E-state index in [1.807, 2.05) is 6.07 Å². The van der Waals surface area contributed by atoms with Crippen LogP contribution >= 0.6 is 0 Å². The number of aryl methyl sites for hydroxylation is 1. The Hall–Kier alpha value is -1.32. The molecule has 1 aromatic heterocycles. The van der Waals surface area contributed by atoms with Gasteiger partial charge in [0.05, 0.1) is 0 Å². The second-order valence-corrected chi connectivity index (χ2v) is 5.45. The van der Waals surface area contributed by atoms with Crippen molar-refractivity contribution in [1.82, 2.24) is 9.97 Å². The lowest BCUT2D eigenvalue weighted by Crippen LogP contribution is -2.44. The number of nitrogens with zero attached hydrogens (tertiary/aromatic N) is 2. The lowest BCUT2D eigenvalue weighted by atomic mass is 9.75. The molecule has 1 heterocycles. The quantitative estimate of drug-likeness (QED) is 0.788. The molecule has 1 saturated carbocycles. The molecule has 0 aliphatic heterocycles. The van der Waals surface area contributed by atoms with E-state index in [1.165, 1.54) is 19.3 Å². The van der Waals surface area contributed by atoms with Crippen molar-refractivity contribution in [3.8, 4) is 0 Å². The minimum Gasteiger partial charge on any atom is -0.370 e. The summed E-state index contributed by atoms with van der Waals surface area (Å²) in [5, 5.41) is 6.94. The van der Waals surface area contributed by atoms with E-state index in [9.17, 15) is 0 Å². The van der Waals surface area contributed by atoms with E-state index in [1.54, 1.807) is 0 Å². The standard InChI is InChI=1S/C15H26N4/c1-4-8-12-17-13(16-6-3)11-14(18-12)19-15(5-2)9-7-10-15/h11H,4-10H2,1-3H3,(H2,16,17,18,19). The maximum atomic E-state index is 4.66. The number of nitrogens with one attached hydrogen (secondary N) is 2. The fourth-order valence-corrected chi connectivity index (χ4v) is 2.61. The Morgan fingerprint density at radius 2 is 1.89 bits per heavy atom. The van der Waals surface area contributed by atoms with Crippen molar-refractivity contribution in [3.05, 3.63) is 11.9 Å². The molecule has 106 valence electrons. The number of rotatable bonds is 7. The average Bonchev–Trinajstić information content (AvgIpc) is 2.34. The Morgan fingerprint density at radius 3 is 2.42 bits per heavy atom. The molecule has 0 radical (unpaired) electrons. The van der Waals surface area contributed by atoms with Crippen LogP contribution in [0.3, 0.4) is 0 Å². The Morgan fingerprint density at radius 1 is 1.16 bits per heavy atom. The topological polar surface area (TPSA) is 49.8 Å².